The second-order valence-corrected chi connectivity index (χ2v) is 7.27. The maximum Gasteiger partial charge on any atom is 0.263 e. The van der Waals surface area contributed by atoms with E-state index in [1.165, 1.54) is 44.4 Å². The molecule has 7 heteroatoms. The normalized spacial score (nSPS) is 18.1. The van der Waals surface area contributed by atoms with Crippen LogP contribution in [0.4, 0.5) is 10.2 Å². The van der Waals surface area contributed by atoms with Gasteiger partial charge in [0, 0.05) is 18.7 Å². The quantitative estimate of drug-likeness (QED) is 0.664. The van der Waals surface area contributed by atoms with Crippen LogP contribution in [0.25, 0.3) is 22.4 Å². The fourth-order valence-corrected chi connectivity index (χ4v) is 3.72. The Morgan fingerprint density at radius 2 is 2.11 bits per heavy atom. The standard InChI is InChI=1S/C20H24FN5O/c1-14-4-2-10-26(12-14)11-3-9-22-19-17-18(15-5-7-16(21)8-6-15)25-27-20(17)24-13-23-19/h5-8,13-14H,2-4,9-12H2,1H3,(H,22,23,24). The maximum atomic E-state index is 13.2. The lowest BCUT2D eigenvalue weighted by Gasteiger charge is -2.30. The first kappa shape index (κ1) is 17.9. The van der Waals surface area contributed by atoms with Crippen molar-refractivity contribution < 1.29 is 8.91 Å². The summed E-state index contributed by atoms with van der Waals surface area (Å²) < 4.78 is 18.6. The van der Waals surface area contributed by atoms with Gasteiger partial charge in [0.25, 0.3) is 5.71 Å². The molecule has 2 aromatic heterocycles. The van der Waals surface area contributed by atoms with Crippen molar-refractivity contribution in [1.29, 1.82) is 0 Å². The SMILES string of the molecule is CC1CCCN(CCCNc2ncnc3onc(-c4ccc(F)cc4)c23)C1. The summed E-state index contributed by atoms with van der Waals surface area (Å²) in [4.78, 5) is 11.1. The molecule has 3 heterocycles. The van der Waals surface area contributed by atoms with Gasteiger partial charge in [-0.3, -0.25) is 0 Å². The van der Waals surface area contributed by atoms with Crippen molar-refractivity contribution in [2.24, 2.45) is 5.92 Å². The molecular formula is C20H24FN5O. The minimum Gasteiger partial charge on any atom is -0.369 e. The van der Waals surface area contributed by atoms with E-state index in [-0.39, 0.29) is 5.82 Å². The van der Waals surface area contributed by atoms with Crippen molar-refractivity contribution in [3.8, 4) is 11.3 Å². The summed E-state index contributed by atoms with van der Waals surface area (Å²) in [6, 6.07) is 6.18. The number of benzene rings is 1. The van der Waals surface area contributed by atoms with Gasteiger partial charge < -0.3 is 14.7 Å². The molecule has 1 saturated heterocycles. The third-order valence-corrected chi connectivity index (χ3v) is 5.08. The number of likely N-dealkylation sites (tertiary alicyclic amines) is 1. The predicted molar refractivity (Wildman–Crippen MR) is 103 cm³/mol. The highest BCUT2D eigenvalue weighted by Crippen LogP contribution is 2.31. The number of anilines is 1. The van der Waals surface area contributed by atoms with E-state index in [0.717, 1.165) is 36.4 Å². The molecule has 0 radical (unpaired) electrons. The number of hydrogen-bond donors (Lipinski definition) is 1. The minimum atomic E-state index is -0.284. The molecule has 3 aromatic rings. The first-order valence-electron chi connectivity index (χ1n) is 9.53. The Hall–Kier alpha value is -2.54. The van der Waals surface area contributed by atoms with E-state index in [1.54, 1.807) is 12.1 Å². The largest absolute Gasteiger partial charge is 0.369 e. The summed E-state index contributed by atoms with van der Waals surface area (Å²) in [6.07, 6.45) is 5.14. The highest BCUT2D eigenvalue weighted by molar-refractivity contribution is 5.97. The van der Waals surface area contributed by atoms with E-state index in [4.69, 9.17) is 4.52 Å². The average molecular weight is 369 g/mol. The number of piperidine rings is 1. The number of aromatic nitrogens is 3. The Balaban J connectivity index is 1.45. The van der Waals surface area contributed by atoms with Crippen molar-refractivity contribution >= 4 is 16.9 Å². The highest BCUT2D eigenvalue weighted by Gasteiger charge is 2.18. The molecule has 0 amide bonds. The molecule has 6 nitrogen and oxygen atoms in total. The molecule has 1 aliphatic rings. The van der Waals surface area contributed by atoms with Gasteiger partial charge in [0.1, 0.15) is 29.0 Å². The second-order valence-electron chi connectivity index (χ2n) is 7.27. The summed E-state index contributed by atoms with van der Waals surface area (Å²) in [5.74, 6) is 1.21. The Morgan fingerprint density at radius 3 is 2.93 bits per heavy atom. The molecule has 142 valence electrons. The summed E-state index contributed by atoms with van der Waals surface area (Å²) >= 11 is 0. The van der Waals surface area contributed by atoms with Crippen LogP contribution in [0.1, 0.15) is 26.2 Å². The number of fused-ring (bicyclic) bond motifs is 1. The van der Waals surface area contributed by atoms with E-state index in [2.05, 4.69) is 32.3 Å². The van der Waals surface area contributed by atoms with Crippen LogP contribution in [0.5, 0.6) is 0 Å². The van der Waals surface area contributed by atoms with Crippen molar-refractivity contribution in [1.82, 2.24) is 20.0 Å². The van der Waals surface area contributed by atoms with Crippen molar-refractivity contribution in [3.05, 3.63) is 36.4 Å². The van der Waals surface area contributed by atoms with Gasteiger partial charge in [0.05, 0.1) is 0 Å². The van der Waals surface area contributed by atoms with Gasteiger partial charge in [0.2, 0.25) is 0 Å². The zero-order valence-electron chi connectivity index (χ0n) is 15.5. The Morgan fingerprint density at radius 1 is 1.26 bits per heavy atom. The molecule has 1 aliphatic heterocycles. The summed E-state index contributed by atoms with van der Waals surface area (Å²) in [7, 11) is 0. The minimum absolute atomic E-state index is 0.284. The van der Waals surface area contributed by atoms with E-state index >= 15 is 0 Å². The Kier molecular flexibility index (Phi) is 5.29. The van der Waals surface area contributed by atoms with Crippen molar-refractivity contribution in [3.63, 3.8) is 0 Å². The Labute approximate surface area is 157 Å². The van der Waals surface area contributed by atoms with Crippen LogP contribution in [-0.2, 0) is 0 Å². The molecule has 1 atom stereocenters. The fraction of sp³-hybridized carbons (Fsp3) is 0.450. The van der Waals surface area contributed by atoms with Gasteiger partial charge in [-0.15, -0.1) is 0 Å². The van der Waals surface area contributed by atoms with Gasteiger partial charge in [-0.05, 0) is 62.5 Å². The monoisotopic (exact) mass is 369 g/mol. The fourth-order valence-electron chi connectivity index (χ4n) is 3.72. The second kappa shape index (κ2) is 8.00. The first-order valence-corrected chi connectivity index (χ1v) is 9.53. The molecule has 0 bridgehead atoms. The highest BCUT2D eigenvalue weighted by atomic mass is 19.1. The number of nitrogens with zero attached hydrogens (tertiary/aromatic N) is 4. The number of rotatable bonds is 6. The molecule has 1 unspecified atom stereocenters. The van der Waals surface area contributed by atoms with Crippen LogP contribution in [0.15, 0.2) is 35.1 Å². The van der Waals surface area contributed by atoms with Crippen LogP contribution >= 0.6 is 0 Å². The van der Waals surface area contributed by atoms with E-state index in [0.29, 0.717) is 17.2 Å². The first-order chi connectivity index (χ1) is 13.2. The molecule has 1 fully saturated rings. The molecule has 0 spiro atoms. The predicted octanol–water partition coefficient (Wildman–Crippen LogP) is 3.96. The third-order valence-electron chi connectivity index (χ3n) is 5.08. The lowest BCUT2D eigenvalue weighted by Crippen LogP contribution is -2.35. The topological polar surface area (TPSA) is 67.1 Å². The average Bonchev–Trinajstić information content (AvgIpc) is 3.11. The third kappa shape index (κ3) is 4.08. The molecule has 4 rings (SSSR count). The van der Waals surface area contributed by atoms with Gasteiger partial charge in [-0.2, -0.15) is 4.98 Å². The number of hydrogen-bond acceptors (Lipinski definition) is 6. The van der Waals surface area contributed by atoms with E-state index < -0.39 is 0 Å². The molecule has 1 aromatic carbocycles. The van der Waals surface area contributed by atoms with Gasteiger partial charge >= 0.3 is 0 Å². The van der Waals surface area contributed by atoms with Crippen LogP contribution in [0.3, 0.4) is 0 Å². The van der Waals surface area contributed by atoms with Crippen LogP contribution in [-0.4, -0.2) is 46.2 Å². The van der Waals surface area contributed by atoms with E-state index in [9.17, 15) is 4.39 Å². The van der Waals surface area contributed by atoms with Gasteiger partial charge in [0.15, 0.2) is 0 Å². The van der Waals surface area contributed by atoms with Crippen molar-refractivity contribution in [2.45, 2.75) is 26.2 Å². The number of nitrogens with one attached hydrogen (secondary N) is 1. The van der Waals surface area contributed by atoms with Gasteiger partial charge in [-0.1, -0.05) is 12.1 Å². The molecular weight excluding hydrogens is 345 g/mol. The molecule has 0 aliphatic carbocycles. The Bertz CT molecular complexity index is 895. The van der Waals surface area contributed by atoms with Crippen LogP contribution < -0.4 is 5.32 Å². The molecule has 27 heavy (non-hydrogen) atoms. The zero-order chi connectivity index (χ0) is 18.6. The zero-order valence-corrected chi connectivity index (χ0v) is 15.5. The smallest absolute Gasteiger partial charge is 0.263 e. The summed E-state index contributed by atoms with van der Waals surface area (Å²) in [5.41, 5.74) is 1.82. The molecule has 1 N–H and O–H groups in total. The summed E-state index contributed by atoms with van der Waals surface area (Å²) in [6.45, 7) is 6.61. The van der Waals surface area contributed by atoms with E-state index in [1.807, 2.05) is 0 Å². The summed E-state index contributed by atoms with van der Waals surface area (Å²) in [5, 5.41) is 8.24. The van der Waals surface area contributed by atoms with Gasteiger partial charge in [-0.25, -0.2) is 9.37 Å². The van der Waals surface area contributed by atoms with Crippen LogP contribution in [0, 0.1) is 11.7 Å². The van der Waals surface area contributed by atoms with Crippen molar-refractivity contribution in [2.75, 3.05) is 31.5 Å². The lowest BCUT2D eigenvalue weighted by atomic mass is 10.0. The van der Waals surface area contributed by atoms with Crippen LogP contribution in [0.2, 0.25) is 0 Å². The maximum absolute atomic E-state index is 13.2. The number of halogens is 1. The molecule has 0 saturated carbocycles. The lowest BCUT2D eigenvalue weighted by molar-refractivity contribution is 0.183.